The highest BCUT2D eigenvalue weighted by atomic mass is 32.1. The Labute approximate surface area is 70.1 Å². The number of aldehydes is 1. The Kier molecular flexibility index (Phi) is 1.78. The van der Waals surface area contributed by atoms with Gasteiger partial charge in [0.25, 0.3) is 0 Å². The average molecular weight is 166 g/mol. The number of fused-ring (bicyclic) bond motifs is 1. The van der Waals surface area contributed by atoms with Gasteiger partial charge < -0.3 is 4.79 Å². The van der Waals surface area contributed by atoms with Crippen LogP contribution in [-0.2, 0) is 11.2 Å². The number of thiophene rings is 1. The molecule has 0 spiro atoms. The Morgan fingerprint density at radius 1 is 1.73 bits per heavy atom. The van der Waals surface area contributed by atoms with Crippen LogP contribution in [0.4, 0.5) is 0 Å². The molecular weight excluding hydrogens is 156 g/mol. The Balaban J connectivity index is 2.24. The van der Waals surface area contributed by atoms with Gasteiger partial charge in [-0.25, -0.2) is 0 Å². The Bertz CT molecular complexity index is 264. The predicted octanol–water partition coefficient (Wildman–Crippen LogP) is 2.37. The zero-order chi connectivity index (χ0) is 7.68. The molecule has 2 rings (SSSR count). The molecule has 1 unspecified atom stereocenters. The number of carbonyl (C=O) groups excluding carboxylic acids is 1. The summed E-state index contributed by atoms with van der Waals surface area (Å²) in [7, 11) is 0. The second-order valence-electron chi connectivity index (χ2n) is 2.95. The van der Waals surface area contributed by atoms with Gasteiger partial charge in [0.1, 0.15) is 6.29 Å². The summed E-state index contributed by atoms with van der Waals surface area (Å²) in [5, 5.41) is 2.13. The second-order valence-corrected chi connectivity index (χ2v) is 3.90. The maximum atomic E-state index is 10.3. The highest BCUT2D eigenvalue weighted by molar-refractivity contribution is 7.10. The molecule has 0 saturated heterocycles. The fraction of sp³-hybridized carbons (Fsp3) is 0.444. The first-order chi connectivity index (χ1) is 5.42. The lowest BCUT2D eigenvalue weighted by molar-refractivity contribution is -0.108. The van der Waals surface area contributed by atoms with Crippen molar-refractivity contribution in [3.8, 4) is 0 Å². The molecule has 0 amide bonds. The van der Waals surface area contributed by atoms with E-state index in [4.69, 9.17) is 0 Å². The van der Waals surface area contributed by atoms with Crippen molar-refractivity contribution in [2.45, 2.75) is 25.2 Å². The van der Waals surface area contributed by atoms with Crippen LogP contribution in [0.1, 0.15) is 29.2 Å². The van der Waals surface area contributed by atoms with E-state index in [0.717, 1.165) is 6.29 Å². The van der Waals surface area contributed by atoms with Crippen molar-refractivity contribution in [2.24, 2.45) is 0 Å². The molecule has 0 saturated carbocycles. The number of hydrogen-bond donors (Lipinski definition) is 0. The van der Waals surface area contributed by atoms with E-state index in [1.54, 1.807) is 11.3 Å². The second kappa shape index (κ2) is 2.78. The average Bonchev–Trinajstić information content (AvgIpc) is 2.53. The monoisotopic (exact) mass is 166 g/mol. The molecule has 1 aromatic rings. The van der Waals surface area contributed by atoms with E-state index in [0.29, 0.717) is 12.3 Å². The van der Waals surface area contributed by atoms with Crippen LogP contribution < -0.4 is 0 Å². The quantitative estimate of drug-likeness (QED) is 0.616. The molecule has 0 bridgehead atoms. The molecule has 0 N–H and O–H groups in total. The zero-order valence-electron chi connectivity index (χ0n) is 6.25. The standard InChI is InChI=1S/C9H10OS/c10-5-3-7-1-2-8-4-6-11-9(7)8/h4-7H,1-3H2. The Hall–Kier alpha value is -0.630. The van der Waals surface area contributed by atoms with Crippen LogP contribution in [0.2, 0.25) is 0 Å². The lowest BCUT2D eigenvalue weighted by atomic mass is 10.1. The summed E-state index contributed by atoms with van der Waals surface area (Å²) in [5.74, 6) is 0.544. The molecule has 11 heavy (non-hydrogen) atoms. The van der Waals surface area contributed by atoms with Crippen molar-refractivity contribution >= 4 is 17.6 Å². The van der Waals surface area contributed by atoms with E-state index in [-0.39, 0.29) is 0 Å². The minimum Gasteiger partial charge on any atom is -0.303 e. The van der Waals surface area contributed by atoms with Gasteiger partial charge >= 0.3 is 0 Å². The maximum Gasteiger partial charge on any atom is 0.120 e. The fourth-order valence-corrected chi connectivity index (χ4v) is 2.82. The van der Waals surface area contributed by atoms with Gasteiger partial charge in [-0.1, -0.05) is 0 Å². The molecule has 1 atom stereocenters. The summed E-state index contributed by atoms with van der Waals surface area (Å²) in [6.45, 7) is 0. The Morgan fingerprint density at radius 2 is 2.64 bits per heavy atom. The molecule has 1 heterocycles. The minimum atomic E-state index is 0.544. The molecule has 58 valence electrons. The predicted molar refractivity (Wildman–Crippen MR) is 46.1 cm³/mol. The third-order valence-electron chi connectivity index (χ3n) is 2.29. The van der Waals surface area contributed by atoms with Crippen LogP contribution in [0.3, 0.4) is 0 Å². The van der Waals surface area contributed by atoms with Crippen LogP contribution in [0.15, 0.2) is 11.4 Å². The lowest BCUT2D eigenvalue weighted by Gasteiger charge is -2.01. The van der Waals surface area contributed by atoms with E-state index in [1.807, 2.05) is 0 Å². The molecule has 0 radical (unpaired) electrons. The van der Waals surface area contributed by atoms with Crippen LogP contribution in [0, 0.1) is 0 Å². The summed E-state index contributed by atoms with van der Waals surface area (Å²) in [6.07, 6.45) is 4.12. The van der Waals surface area contributed by atoms with Crippen molar-refractivity contribution in [3.63, 3.8) is 0 Å². The van der Waals surface area contributed by atoms with Crippen molar-refractivity contribution in [1.82, 2.24) is 0 Å². The van der Waals surface area contributed by atoms with E-state index >= 15 is 0 Å². The fourth-order valence-electron chi connectivity index (χ4n) is 1.71. The molecule has 0 aromatic carbocycles. The SMILES string of the molecule is O=CCC1CCc2ccsc21. The van der Waals surface area contributed by atoms with E-state index < -0.39 is 0 Å². The number of carbonyl (C=O) groups is 1. The van der Waals surface area contributed by atoms with Crippen molar-refractivity contribution in [3.05, 3.63) is 21.9 Å². The van der Waals surface area contributed by atoms with Gasteiger partial charge in [-0.05, 0) is 29.9 Å². The lowest BCUT2D eigenvalue weighted by Crippen LogP contribution is -1.90. The van der Waals surface area contributed by atoms with Crippen LogP contribution >= 0.6 is 11.3 Å². The number of hydrogen-bond acceptors (Lipinski definition) is 2. The van der Waals surface area contributed by atoms with Gasteiger partial charge in [-0.2, -0.15) is 0 Å². The third-order valence-corrected chi connectivity index (χ3v) is 3.42. The smallest absolute Gasteiger partial charge is 0.120 e. The summed E-state index contributed by atoms with van der Waals surface area (Å²) < 4.78 is 0. The molecule has 1 aliphatic rings. The molecule has 1 aliphatic carbocycles. The van der Waals surface area contributed by atoms with Crippen molar-refractivity contribution < 1.29 is 4.79 Å². The highest BCUT2D eigenvalue weighted by Gasteiger charge is 2.22. The molecule has 1 nitrogen and oxygen atoms in total. The van der Waals surface area contributed by atoms with Gasteiger partial charge in [0.05, 0.1) is 0 Å². The van der Waals surface area contributed by atoms with E-state index in [1.165, 1.54) is 23.3 Å². The van der Waals surface area contributed by atoms with Crippen molar-refractivity contribution in [2.75, 3.05) is 0 Å². The molecule has 2 heteroatoms. The Morgan fingerprint density at radius 3 is 3.45 bits per heavy atom. The largest absolute Gasteiger partial charge is 0.303 e. The summed E-state index contributed by atoms with van der Waals surface area (Å²) in [6, 6.07) is 2.19. The molecule has 0 aliphatic heterocycles. The summed E-state index contributed by atoms with van der Waals surface area (Å²) in [4.78, 5) is 11.8. The van der Waals surface area contributed by atoms with Gasteiger partial charge in [0.2, 0.25) is 0 Å². The van der Waals surface area contributed by atoms with E-state index in [9.17, 15) is 4.79 Å². The molecule has 1 aromatic heterocycles. The minimum absolute atomic E-state index is 0.544. The number of rotatable bonds is 2. The van der Waals surface area contributed by atoms with Gasteiger partial charge in [-0.3, -0.25) is 0 Å². The first kappa shape index (κ1) is 7.04. The van der Waals surface area contributed by atoms with Crippen LogP contribution in [0.5, 0.6) is 0 Å². The van der Waals surface area contributed by atoms with Crippen molar-refractivity contribution in [1.29, 1.82) is 0 Å². The topological polar surface area (TPSA) is 17.1 Å². The maximum absolute atomic E-state index is 10.3. The number of aryl methyl sites for hydroxylation is 1. The zero-order valence-corrected chi connectivity index (χ0v) is 7.06. The summed E-state index contributed by atoms with van der Waals surface area (Å²) >= 11 is 1.80. The molecular formula is C9H10OS. The van der Waals surface area contributed by atoms with Crippen LogP contribution in [-0.4, -0.2) is 6.29 Å². The first-order valence-electron chi connectivity index (χ1n) is 3.91. The van der Waals surface area contributed by atoms with E-state index in [2.05, 4.69) is 11.4 Å². The highest BCUT2D eigenvalue weighted by Crippen LogP contribution is 2.38. The van der Waals surface area contributed by atoms with Gasteiger partial charge in [-0.15, -0.1) is 11.3 Å². The normalized spacial score (nSPS) is 21.6. The van der Waals surface area contributed by atoms with Gasteiger partial charge in [0, 0.05) is 17.2 Å². The first-order valence-corrected chi connectivity index (χ1v) is 4.79. The van der Waals surface area contributed by atoms with Gasteiger partial charge in [0.15, 0.2) is 0 Å². The molecule has 0 fully saturated rings. The third kappa shape index (κ3) is 1.11. The summed E-state index contributed by atoms with van der Waals surface area (Å²) in [5.41, 5.74) is 1.47. The van der Waals surface area contributed by atoms with Crippen LogP contribution in [0.25, 0.3) is 0 Å².